The highest BCUT2D eigenvalue weighted by Crippen LogP contribution is 2.33. The van der Waals surface area contributed by atoms with Crippen LogP contribution in [0.1, 0.15) is 23.5 Å². The second kappa shape index (κ2) is 6.25. The van der Waals surface area contributed by atoms with Gasteiger partial charge in [-0.1, -0.05) is 18.2 Å². The van der Waals surface area contributed by atoms with Gasteiger partial charge in [0, 0.05) is 25.6 Å². The van der Waals surface area contributed by atoms with Crippen LogP contribution in [0.2, 0.25) is 0 Å². The molecule has 1 aromatic rings. The molecule has 2 N–H and O–H groups in total. The van der Waals surface area contributed by atoms with Gasteiger partial charge in [0.25, 0.3) is 0 Å². The number of carbonyl (C=O) groups excluding carboxylic acids is 1. The lowest BCUT2D eigenvalue weighted by atomic mass is 9.90. The first-order valence-corrected chi connectivity index (χ1v) is 6.69. The first-order valence-electron chi connectivity index (χ1n) is 6.69. The van der Waals surface area contributed by atoms with Gasteiger partial charge in [0.1, 0.15) is 0 Å². The molecule has 0 bridgehead atoms. The Morgan fingerprint density at radius 1 is 1.32 bits per heavy atom. The molecule has 0 spiro atoms. The molecule has 120 valence electrons. The van der Waals surface area contributed by atoms with Crippen molar-refractivity contribution in [3.63, 3.8) is 0 Å². The molecule has 1 aromatic carbocycles. The van der Waals surface area contributed by atoms with Gasteiger partial charge in [-0.05, 0) is 11.6 Å². The van der Waals surface area contributed by atoms with Gasteiger partial charge < -0.3 is 15.3 Å². The Kier molecular flexibility index (Phi) is 4.58. The zero-order valence-corrected chi connectivity index (χ0v) is 11.6. The predicted octanol–water partition coefficient (Wildman–Crippen LogP) is 2.29. The lowest BCUT2D eigenvalue weighted by molar-refractivity contribution is -0.138. The molecule has 0 unspecified atom stereocenters. The summed E-state index contributed by atoms with van der Waals surface area (Å²) < 4.78 is 37.9. The number of urea groups is 1. The summed E-state index contributed by atoms with van der Waals surface area (Å²) in [5.41, 5.74) is -0.154. The van der Waals surface area contributed by atoms with E-state index < -0.39 is 23.7 Å². The number of amides is 2. The van der Waals surface area contributed by atoms with Crippen molar-refractivity contribution in [2.75, 3.05) is 19.6 Å². The number of halogens is 3. The maximum absolute atomic E-state index is 12.6. The minimum absolute atomic E-state index is 0.0267. The summed E-state index contributed by atoms with van der Waals surface area (Å²) in [7, 11) is 0. The molecule has 0 radical (unpaired) electrons. The number of hydrogen-bond donors (Lipinski definition) is 2. The van der Waals surface area contributed by atoms with Crippen molar-refractivity contribution in [1.82, 2.24) is 10.2 Å². The van der Waals surface area contributed by atoms with Gasteiger partial charge in [-0.2, -0.15) is 13.2 Å². The highest BCUT2D eigenvalue weighted by Gasteiger charge is 2.34. The van der Waals surface area contributed by atoms with Crippen LogP contribution >= 0.6 is 0 Å². The number of carboxylic acid groups (broad SMARTS) is 1. The molecule has 2 amide bonds. The van der Waals surface area contributed by atoms with Crippen LogP contribution in [0.3, 0.4) is 0 Å². The van der Waals surface area contributed by atoms with Gasteiger partial charge in [0.2, 0.25) is 0 Å². The molecule has 1 fully saturated rings. The number of alkyl halides is 3. The number of aliphatic carboxylic acids is 1. The van der Waals surface area contributed by atoms with E-state index in [9.17, 15) is 22.8 Å². The third kappa shape index (κ3) is 3.90. The van der Waals surface area contributed by atoms with E-state index in [4.69, 9.17) is 5.11 Å². The maximum Gasteiger partial charge on any atom is 0.416 e. The Bertz CT molecular complexity index is 569. The molecule has 2 rings (SSSR count). The van der Waals surface area contributed by atoms with Crippen molar-refractivity contribution in [2.24, 2.45) is 0 Å². The Balaban J connectivity index is 1.86. The van der Waals surface area contributed by atoms with E-state index in [0.29, 0.717) is 18.7 Å². The predicted molar refractivity (Wildman–Crippen MR) is 71.4 cm³/mol. The first kappa shape index (κ1) is 16.1. The second-order valence-corrected chi connectivity index (χ2v) is 5.10. The minimum Gasteiger partial charge on any atom is -0.481 e. The van der Waals surface area contributed by atoms with E-state index in [1.165, 1.54) is 11.0 Å². The summed E-state index contributed by atoms with van der Waals surface area (Å²) in [6.45, 7) is 0.666. The number of carboxylic acids is 1. The monoisotopic (exact) mass is 316 g/mol. The fraction of sp³-hybridized carbons (Fsp3) is 0.429. The normalized spacial score (nSPS) is 15.3. The third-order valence-electron chi connectivity index (χ3n) is 3.47. The molecular formula is C14H15F3N2O3. The van der Waals surface area contributed by atoms with Crippen molar-refractivity contribution in [3.8, 4) is 0 Å². The molecule has 8 heteroatoms. The van der Waals surface area contributed by atoms with Crippen LogP contribution in [0, 0.1) is 0 Å². The number of benzene rings is 1. The number of nitrogens with one attached hydrogen (secondary N) is 1. The fourth-order valence-electron chi connectivity index (χ4n) is 2.21. The largest absolute Gasteiger partial charge is 0.481 e. The van der Waals surface area contributed by atoms with Crippen molar-refractivity contribution in [3.05, 3.63) is 35.4 Å². The van der Waals surface area contributed by atoms with Crippen molar-refractivity contribution >= 4 is 12.0 Å². The summed E-state index contributed by atoms with van der Waals surface area (Å²) in [6.07, 6.45) is -4.55. The molecule has 0 atom stereocenters. The molecule has 1 heterocycles. The van der Waals surface area contributed by atoms with Crippen molar-refractivity contribution in [2.45, 2.75) is 18.5 Å². The Morgan fingerprint density at radius 2 is 2.00 bits per heavy atom. The average molecular weight is 316 g/mol. The van der Waals surface area contributed by atoms with Crippen LogP contribution in [0.4, 0.5) is 18.0 Å². The SMILES string of the molecule is O=C(O)CCNC(=O)N1CC(c2cccc(C(F)(F)F)c2)C1. The number of likely N-dealkylation sites (tertiary alicyclic amines) is 1. The highest BCUT2D eigenvalue weighted by molar-refractivity contribution is 5.76. The van der Waals surface area contributed by atoms with Gasteiger partial charge in [-0.25, -0.2) is 4.79 Å². The summed E-state index contributed by atoms with van der Waals surface area (Å²) in [4.78, 5) is 23.4. The zero-order chi connectivity index (χ0) is 16.3. The van der Waals surface area contributed by atoms with Gasteiger partial charge in [-0.15, -0.1) is 0 Å². The molecular weight excluding hydrogens is 301 g/mol. The smallest absolute Gasteiger partial charge is 0.416 e. The quantitative estimate of drug-likeness (QED) is 0.895. The van der Waals surface area contributed by atoms with E-state index in [2.05, 4.69) is 5.32 Å². The Labute approximate surface area is 124 Å². The summed E-state index contributed by atoms with van der Waals surface area (Å²) in [5.74, 6) is -1.14. The van der Waals surface area contributed by atoms with Crippen LogP contribution in [0.15, 0.2) is 24.3 Å². The third-order valence-corrected chi connectivity index (χ3v) is 3.47. The average Bonchev–Trinajstić information content (AvgIpc) is 2.36. The van der Waals surface area contributed by atoms with Crippen LogP contribution in [-0.2, 0) is 11.0 Å². The van der Waals surface area contributed by atoms with Crippen LogP contribution in [0.25, 0.3) is 0 Å². The second-order valence-electron chi connectivity index (χ2n) is 5.10. The minimum atomic E-state index is -4.38. The zero-order valence-electron chi connectivity index (χ0n) is 11.6. The maximum atomic E-state index is 12.6. The van der Waals surface area contributed by atoms with Crippen LogP contribution < -0.4 is 5.32 Å². The number of hydrogen-bond acceptors (Lipinski definition) is 2. The van der Waals surface area contributed by atoms with Crippen LogP contribution in [-0.4, -0.2) is 41.6 Å². The van der Waals surface area contributed by atoms with E-state index in [1.807, 2.05) is 0 Å². The number of carbonyl (C=O) groups is 2. The molecule has 0 aliphatic carbocycles. The van der Waals surface area contributed by atoms with E-state index >= 15 is 0 Å². The summed E-state index contributed by atoms with van der Waals surface area (Å²) in [6, 6.07) is 4.68. The van der Waals surface area contributed by atoms with Gasteiger partial charge in [0.05, 0.1) is 12.0 Å². The van der Waals surface area contributed by atoms with E-state index in [0.717, 1.165) is 12.1 Å². The van der Waals surface area contributed by atoms with E-state index in [1.54, 1.807) is 6.07 Å². The molecule has 0 aromatic heterocycles. The Morgan fingerprint density at radius 3 is 2.59 bits per heavy atom. The van der Waals surface area contributed by atoms with Crippen LogP contribution in [0.5, 0.6) is 0 Å². The number of nitrogens with zero attached hydrogens (tertiary/aromatic N) is 1. The molecule has 5 nitrogen and oxygen atoms in total. The number of rotatable bonds is 4. The van der Waals surface area contributed by atoms with Crippen molar-refractivity contribution in [1.29, 1.82) is 0 Å². The molecule has 22 heavy (non-hydrogen) atoms. The highest BCUT2D eigenvalue weighted by atomic mass is 19.4. The molecule has 1 aliphatic heterocycles. The van der Waals surface area contributed by atoms with Gasteiger partial charge in [-0.3, -0.25) is 4.79 Å². The Hall–Kier alpha value is -2.25. The molecule has 1 aliphatic rings. The van der Waals surface area contributed by atoms with E-state index in [-0.39, 0.29) is 18.9 Å². The van der Waals surface area contributed by atoms with Gasteiger partial charge in [0.15, 0.2) is 0 Å². The summed E-state index contributed by atoms with van der Waals surface area (Å²) in [5, 5.41) is 10.9. The summed E-state index contributed by atoms with van der Waals surface area (Å²) >= 11 is 0. The topological polar surface area (TPSA) is 69.6 Å². The lowest BCUT2D eigenvalue weighted by Gasteiger charge is -2.39. The lowest BCUT2D eigenvalue weighted by Crippen LogP contribution is -2.52. The standard InChI is InChI=1S/C14H15F3N2O3/c15-14(16,17)11-3-1-2-9(6-11)10-7-19(8-10)13(22)18-5-4-12(20)21/h1-3,6,10H,4-5,7-8H2,(H,18,22)(H,20,21). The molecule has 1 saturated heterocycles. The first-order chi connectivity index (χ1) is 10.3. The fourth-order valence-corrected chi connectivity index (χ4v) is 2.21. The van der Waals surface area contributed by atoms with Gasteiger partial charge >= 0.3 is 18.2 Å². The molecule has 0 saturated carbocycles. The van der Waals surface area contributed by atoms with Crippen molar-refractivity contribution < 1.29 is 27.9 Å².